The molecule has 1 aliphatic heterocycles. The second kappa shape index (κ2) is 5.57. The molecule has 5 heteroatoms. The minimum absolute atomic E-state index is 0.0172. The number of nitrogens with one attached hydrogen (secondary N) is 1. The molecule has 1 unspecified atom stereocenters. The van der Waals surface area contributed by atoms with Gasteiger partial charge in [0.15, 0.2) is 0 Å². The van der Waals surface area contributed by atoms with Gasteiger partial charge in [0.05, 0.1) is 11.3 Å². The highest BCUT2D eigenvalue weighted by atomic mass is 16.2. The molecule has 1 aliphatic rings. The van der Waals surface area contributed by atoms with Gasteiger partial charge in [-0.2, -0.15) is 0 Å². The molecular weight excluding hydrogens is 240 g/mol. The number of hydrazine groups is 1. The van der Waals surface area contributed by atoms with Crippen LogP contribution in [0.3, 0.4) is 0 Å². The van der Waals surface area contributed by atoms with E-state index in [1.54, 1.807) is 12.3 Å². The largest absolute Gasteiger partial charge is 0.338 e. The number of rotatable bonds is 3. The van der Waals surface area contributed by atoms with Crippen LogP contribution in [0.4, 0.5) is 5.69 Å². The van der Waals surface area contributed by atoms with Gasteiger partial charge in [-0.05, 0) is 31.2 Å². The molecule has 19 heavy (non-hydrogen) atoms. The van der Waals surface area contributed by atoms with Crippen molar-refractivity contribution in [2.75, 3.05) is 18.5 Å². The summed E-state index contributed by atoms with van der Waals surface area (Å²) in [5.41, 5.74) is 4.62. The van der Waals surface area contributed by atoms with Crippen molar-refractivity contribution in [3.63, 3.8) is 0 Å². The number of hydrogen-bond acceptors (Lipinski definition) is 4. The number of likely N-dealkylation sites (tertiary alicyclic amines) is 1. The molecule has 1 fully saturated rings. The van der Waals surface area contributed by atoms with Crippen molar-refractivity contribution in [2.45, 2.75) is 27.2 Å². The molecule has 1 amide bonds. The second-order valence-electron chi connectivity index (χ2n) is 5.56. The highest BCUT2D eigenvalue weighted by molar-refractivity contribution is 5.99. The number of hydrogen-bond donors (Lipinski definition) is 2. The van der Waals surface area contributed by atoms with Gasteiger partial charge in [0, 0.05) is 25.0 Å². The Labute approximate surface area is 114 Å². The predicted molar refractivity (Wildman–Crippen MR) is 75.6 cm³/mol. The van der Waals surface area contributed by atoms with Crippen LogP contribution in [0.5, 0.6) is 0 Å². The van der Waals surface area contributed by atoms with E-state index in [0.717, 1.165) is 25.2 Å². The van der Waals surface area contributed by atoms with E-state index in [-0.39, 0.29) is 5.91 Å². The summed E-state index contributed by atoms with van der Waals surface area (Å²) in [5, 5.41) is 0. The first kappa shape index (κ1) is 13.8. The van der Waals surface area contributed by atoms with Crippen LogP contribution in [0.15, 0.2) is 12.3 Å². The Morgan fingerprint density at radius 3 is 2.89 bits per heavy atom. The molecule has 1 aromatic rings. The standard InChI is InChI=1S/C14H22N4O/c1-9(2)11-4-5-18(8-11)14(19)12-7-16-10(3)6-13(12)17-15/h6-7,9,11H,4-5,8,15H2,1-3H3,(H,16,17). The molecular formula is C14H22N4O. The van der Waals surface area contributed by atoms with Crippen LogP contribution in [-0.2, 0) is 0 Å². The van der Waals surface area contributed by atoms with Crippen molar-refractivity contribution in [3.8, 4) is 0 Å². The lowest BCUT2D eigenvalue weighted by atomic mass is 9.95. The molecule has 0 bridgehead atoms. The summed E-state index contributed by atoms with van der Waals surface area (Å²) in [6.45, 7) is 7.94. The molecule has 0 aromatic carbocycles. The zero-order valence-electron chi connectivity index (χ0n) is 11.8. The van der Waals surface area contributed by atoms with Crippen LogP contribution in [0.2, 0.25) is 0 Å². The molecule has 0 aliphatic carbocycles. The molecule has 1 saturated heterocycles. The lowest BCUT2D eigenvalue weighted by Gasteiger charge is -2.19. The number of nitrogens with zero attached hydrogens (tertiary/aromatic N) is 2. The summed E-state index contributed by atoms with van der Waals surface area (Å²) in [6, 6.07) is 1.79. The number of nitrogens with two attached hydrogens (primary N) is 1. The maximum absolute atomic E-state index is 12.5. The van der Waals surface area contributed by atoms with E-state index in [2.05, 4.69) is 24.3 Å². The first-order valence-electron chi connectivity index (χ1n) is 6.75. The molecule has 1 aromatic heterocycles. The number of aryl methyl sites for hydroxylation is 1. The molecule has 3 N–H and O–H groups in total. The van der Waals surface area contributed by atoms with E-state index in [1.165, 1.54) is 0 Å². The molecule has 1 atom stereocenters. The third-order valence-electron chi connectivity index (χ3n) is 3.88. The molecule has 0 saturated carbocycles. The Morgan fingerprint density at radius 2 is 2.32 bits per heavy atom. The van der Waals surface area contributed by atoms with Gasteiger partial charge in [0.25, 0.3) is 5.91 Å². The first-order chi connectivity index (χ1) is 9.02. The number of carbonyl (C=O) groups is 1. The van der Waals surface area contributed by atoms with Gasteiger partial charge in [-0.25, -0.2) is 0 Å². The van der Waals surface area contributed by atoms with Crippen molar-refractivity contribution < 1.29 is 4.79 Å². The highest BCUT2D eigenvalue weighted by Gasteiger charge is 2.29. The predicted octanol–water partition coefficient (Wildman–Crippen LogP) is 1.79. The number of amides is 1. The van der Waals surface area contributed by atoms with Crippen LogP contribution >= 0.6 is 0 Å². The van der Waals surface area contributed by atoms with Crippen LogP contribution in [0.25, 0.3) is 0 Å². The SMILES string of the molecule is Cc1cc(NN)c(C(=O)N2CCC(C(C)C)C2)cn1. The van der Waals surface area contributed by atoms with Gasteiger partial charge < -0.3 is 10.3 Å². The average molecular weight is 262 g/mol. The molecule has 2 rings (SSSR count). The fourth-order valence-electron chi connectivity index (χ4n) is 2.54. The summed E-state index contributed by atoms with van der Waals surface area (Å²) >= 11 is 0. The number of anilines is 1. The molecule has 2 heterocycles. The van der Waals surface area contributed by atoms with Gasteiger partial charge in [0.2, 0.25) is 0 Å². The Hall–Kier alpha value is -1.62. The number of carbonyl (C=O) groups excluding carboxylic acids is 1. The Bertz CT molecular complexity index is 473. The highest BCUT2D eigenvalue weighted by Crippen LogP contribution is 2.26. The summed E-state index contributed by atoms with van der Waals surface area (Å²) in [7, 11) is 0. The normalized spacial score (nSPS) is 19.0. The van der Waals surface area contributed by atoms with Crippen LogP contribution < -0.4 is 11.3 Å². The molecule has 104 valence electrons. The van der Waals surface area contributed by atoms with Gasteiger partial charge in [-0.1, -0.05) is 13.8 Å². The second-order valence-corrected chi connectivity index (χ2v) is 5.56. The minimum atomic E-state index is 0.0172. The van der Waals surface area contributed by atoms with Crippen LogP contribution in [0.1, 0.15) is 36.3 Å². The van der Waals surface area contributed by atoms with Crippen molar-refractivity contribution >= 4 is 11.6 Å². The third-order valence-corrected chi connectivity index (χ3v) is 3.88. The lowest BCUT2D eigenvalue weighted by Crippen LogP contribution is -2.30. The Balaban J connectivity index is 2.17. The number of pyridine rings is 1. The van der Waals surface area contributed by atoms with Crippen LogP contribution in [0, 0.1) is 18.8 Å². The summed E-state index contributed by atoms with van der Waals surface area (Å²) < 4.78 is 0. The monoisotopic (exact) mass is 262 g/mol. The molecule has 5 nitrogen and oxygen atoms in total. The Kier molecular flexibility index (Phi) is 4.04. The summed E-state index contributed by atoms with van der Waals surface area (Å²) in [6.07, 6.45) is 2.68. The lowest BCUT2D eigenvalue weighted by molar-refractivity contribution is 0.0784. The Morgan fingerprint density at radius 1 is 1.58 bits per heavy atom. The summed E-state index contributed by atoms with van der Waals surface area (Å²) in [4.78, 5) is 18.6. The van der Waals surface area contributed by atoms with E-state index in [9.17, 15) is 4.79 Å². The van der Waals surface area contributed by atoms with Gasteiger partial charge in [0.1, 0.15) is 0 Å². The van der Waals surface area contributed by atoms with E-state index >= 15 is 0 Å². The van der Waals surface area contributed by atoms with Crippen LogP contribution in [-0.4, -0.2) is 28.9 Å². The molecule has 0 spiro atoms. The number of aromatic nitrogens is 1. The third kappa shape index (κ3) is 2.87. The average Bonchev–Trinajstić information content (AvgIpc) is 2.87. The number of nitrogen functional groups attached to an aromatic ring is 1. The summed E-state index contributed by atoms with van der Waals surface area (Å²) in [5.74, 6) is 6.71. The zero-order valence-corrected chi connectivity index (χ0v) is 11.8. The minimum Gasteiger partial charge on any atom is -0.338 e. The fourth-order valence-corrected chi connectivity index (χ4v) is 2.54. The zero-order chi connectivity index (χ0) is 14.0. The maximum atomic E-state index is 12.5. The van der Waals surface area contributed by atoms with Crippen molar-refractivity contribution in [2.24, 2.45) is 17.7 Å². The fraction of sp³-hybridized carbons (Fsp3) is 0.571. The molecule has 0 radical (unpaired) electrons. The topological polar surface area (TPSA) is 71.2 Å². The van der Waals surface area contributed by atoms with Gasteiger partial charge >= 0.3 is 0 Å². The first-order valence-corrected chi connectivity index (χ1v) is 6.75. The van der Waals surface area contributed by atoms with Gasteiger partial charge in [-0.15, -0.1) is 0 Å². The van der Waals surface area contributed by atoms with E-state index in [0.29, 0.717) is 23.1 Å². The smallest absolute Gasteiger partial charge is 0.257 e. The van der Waals surface area contributed by atoms with E-state index < -0.39 is 0 Å². The van der Waals surface area contributed by atoms with Crippen molar-refractivity contribution in [1.29, 1.82) is 0 Å². The van der Waals surface area contributed by atoms with Crippen molar-refractivity contribution in [1.82, 2.24) is 9.88 Å². The maximum Gasteiger partial charge on any atom is 0.257 e. The van der Waals surface area contributed by atoms with Gasteiger partial charge in [-0.3, -0.25) is 15.6 Å². The van der Waals surface area contributed by atoms with E-state index in [1.807, 2.05) is 11.8 Å². The van der Waals surface area contributed by atoms with E-state index in [4.69, 9.17) is 5.84 Å². The quantitative estimate of drug-likeness (QED) is 0.643. The van der Waals surface area contributed by atoms with Crippen molar-refractivity contribution in [3.05, 3.63) is 23.5 Å².